The second-order valence-corrected chi connectivity index (χ2v) is 5.38. The Bertz CT molecular complexity index is 616. The molecule has 0 fully saturated rings. The maximum Gasteiger partial charge on any atom is 0.139 e. The van der Waals surface area contributed by atoms with Gasteiger partial charge in [-0.15, -0.1) is 0 Å². The molecule has 2 N–H and O–H groups in total. The van der Waals surface area contributed by atoms with Crippen LogP contribution in [0.15, 0.2) is 22.7 Å². The van der Waals surface area contributed by atoms with E-state index in [-0.39, 0.29) is 0 Å². The molecule has 1 aromatic heterocycles. The van der Waals surface area contributed by atoms with Gasteiger partial charge in [0.25, 0.3) is 0 Å². The first-order valence-electron chi connectivity index (χ1n) is 5.76. The molecule has 0 atom stereocenters. The Kier molecular flexibility index (Phi) is 4.27. The molecule has 0 aliphatic rings. The first-order chi connectivity index (χ1) is 9.01. The van der Waals surface area contributed by atoms with Crippen molar-refractivity contribution in [2.75, 3.05) is 17.7 Å². The lowest BCUT2D eigenvalue weighted by molar-refractivity contribution is 1.03. The van der Waals surface area contributed by atoms with E-state index in [0.717, 1.165) is 27.4 Å². The zero-order valence-electron chi connectivity index (χ0n) is 10.9. The molecule has 0 spiro atoms. The number of halogens is 2. The first-order valence-corrected chi connectivity index (χ1v) is 6.93. The van der Waals surface area contributed by atoms with Gasteiger partial charge in [-0.1, -0.05) is 11.6 Å². The zero-order valence-corrected chi connectivity index (χ0v) is 13.2. The molecule has 2 rings (SSSR count). The number of nitrogens with zero attached hydrogens (tertiary/aromatic N) is 2. The zero-order chi connectivity index (χ0) is 14.0. The van der Waals surface area contributed by atoms with Crippen LogP contribution in [-0.4, -0.2) is 17.0 Å². The average molecular weight is 342 g/mol. The van der Waals surface area contributed by atoms with E-state index in [2.05, 4.69) is 36.5 Å². The predicted molar refractivity (Wildman–Crippen MR) is 83.5 cm³/mol. The Morgan fingerprint density at radius 3 is 2.53 bits per heavy atom. The van der Waals surface area contributed by atoms with E-state index in [1.165, 1.54) is 0 Å². The number of nitrogens with one attached hydrogen (secondary N) is 2. The number of aryl methyl sites for hydroxylation is 1. The van der Waals surface area contributed by atoms with Gasteiger partial charge in [-0.05, 0) is 48.0 Å². The molecule has 0 saturated carbocycles. The molecule has 100 valence electrons. The van der Waals surface area contributed by atoms with Crippen LogP contribution in [-0.2, 0) is 0 Å². The van der Waals surface area contributed by atoms with Crippen LogP contribution in [0.5, 0.6) is 0 Å². The number of hydrogen-bond acceptors (Lipinski definition) is 4. The lowest BCUT2D eigenvalue weighted by Crippen LogP contribution is -2.05. The van der Waals surface area contributed by atoms with Gasteiger partial charge in [0.1, 0.15) is 17.5 Å². The molecule has 0 radical (unpaired) electrons. The van der Waals surface area contributed by atoms with Crippen molar-refractivity contribution in [1.29, 1.82) is 0 Å². The van der Waals surface area contributed by atoms with Crippen LogP contribution in [0.4, 0.5) is 17.3 Å². The minimum absolute atomic E-state index is 0.669. The lowest BCUT2D eigenvalue weighted by atomic mass is 10.2. The minimum atomic E-state index is 0.669. The molecule has 6 heteroatoms. The van der Waals surface area contributed by atoms with Gasteiger partial charge in [0.15, 0.2) is 0 Å². The fourth-order valence-corrected chi connectivity index (χ4v) is 2.23. The van der Waals surface area contributed by atoms with Gasteiger partial charge >= 0.3 is 0 Å². The molecule has 2 aromatic rings. The van der Waals surface area contributed by atoms with Crippen LogP contribution < -0.4 is 10.6 Å². The number of rotatable bonds is 3. The van der Waals surface area contributed by atoms with Crippen LogP contribution in [0.3, 0.4) is 0 Å². The van der Waals surface area contributed by atoms with E-state index in [1.54, 1.807) is 0 Å². The van der Waals surface area contributed by atoms with E-state index in [4.69, 9.17) is 11.6 Å². The summed E-state index contributed by atoms with van der Waals surface area (Å²) in [4.78, 5) is 8.75. The molecule has 1 aromatic carbocycles. The van der Waals surface area contributed by atoms with Crippen molar-refractivity contribution in [3.8, 4) is 0 Å². The third-order valence-corrected chi connectivity index (χ3v) is 3.60. The fraction of sp³-hybridized carbons (Fsp3) is 0.231. The summed E-state index contributed by atoms with van der Waals surface area (Å²) in [5, 5.41) is 7.00. The van der Waals surface area contributed by atoms with E-state index >= 15 is 0 Å². The summed E-state index contributed by atoms with van der Waals surface area (Å²) in [5.41, 5.74) is 1.83. The van der Waals surface area contributed by atoms with Crippen molar-refractivity contribution in [1.82, 2.24) is 9.97 Å². The smallest absolute Gasteiger partial charge is 0.139 e. The van der Waals surface area contributed by atoms with Gasteiger partial charge in [-0.3, -0.25) is 0 Å². The molecule has 19 heavy (non-hydrogen) atoms. The topological polar surface area (TPSA) is 49.8 Å². The molecule has 4 nitrogen and oxygen atoms in total. The van der Waals surface area contributed by atoms with Crippen molar-refractivity contribution in [2.24, 2.45) is 0 Å². The highest BCUT2D eigenvalue weighted by Gasteiger charge is 2.10. The predicted octanol–water partition coefficient (Wildman–Crippen LogP) is 4.29. The van der Waals surface area contributed by atoms with Crippen LogP contribution in [0, 0.1) is 13.8 Å². The summed E-state index contributed by atoms with van der Waals surface area (Å²) in [7, 11) is 1.84. The molecule has 0 amide bonds. The molecule has 0 unspecified atom stereocenters. The quantitative estimate of drug-likeness (QED) is 0.874. The van der Waals surface area contributed by atoms with Crippen molar-refractivity contribution in [3.63, 3.8) is 0 Å². The first kappa shape index (κ1) is 14.1. The molecular formula is C13H14BrClN4. The maximum atomic E-state index is 6.01. The number of hydrogen-bond donors (Lipinski definition) is 2. The van der Waals surface area contributed by atoms with E-state index in [0.29, 0.717) is 10.8 Å². The summed E-state index contributed by atoms with van der Waals surface area (Å²) < 4.78 is 0.929. The summed E-state index contributed by atoms with van der Waals surface area (Å²) in [6.07, 6.45) is 0. The van der Waals surface area contributed by atoms with Gasteiger partial charge in [-0.2, -0.15) is 0 Å². The Labute approximate surface area is 125 Å². The number of benzene rings is 1. The molecule has 0 bridgehead atoms. The van der Waals surface area contributed by atoms with Gasteiger partial charge in [-0.25, -0.2) is 9.97 Å². The molecule has 1 heterocycles. The summed E-state index contributed by atoms with van der Waals surface area (Å²) >= 11 is 9.49. The minimum Gasteiger partial charge on any atom is -0.373 e. The molecule has 0 aliphatic carbocycles. The summed E-state index contributed by atoms with van der Waals surface area (Å²) in [5.74, 6) is 2.28. The Hall–Kier alpha value is -1.33. The second-order valence-electron chi connectivity index (χ2n) is 4.09. The van der Waals surface area contributed by atoms with Crippen LogP contribution in [0.25, 0.3) is 0 Å². The number of anilines is 3. The summed E-state index contributed by atoms with van der Waals surface area (Å²) in [6.45, 7) is 3.82. The SMILES string of the molecule is CNc1nc(C)nc(Nc2cc(Cl)ccc2Br)c1C. The highest BCUT2D eigenvalue weighted by Crippen LogP contribution is 2.30. The van der Waals surface area contributed by atoms with Crippen LogP contribution in [0.1, 0.15) is 11.4 Å². The highest BCUT2D eigenvalue weighted by molar-refractivity contribution is 9.10. The largest absolute Gasteiger partial charge is 0.373 e. The maximum absolute atomic E-state index is 6.01. The Morgan fingerprint density at radius 1 is 1.16 bits per heavy atom. The van der Waals surface area contributed by atoms with Crippen molar-refractivity contribution in [2.45, 2.75) is 13.8 Å². The van der Waals surface area contributed by atoms with E-state index in [1.807, 2.05) is 39.1 Å². The van der Waals surface area contributed by atoms with Crippen molar-refractivity contribution < 1.29 is 0 Å². The lowest BCUT2D eigenvalue weighted by Gasteiger charge is -2.13. The fourth-order valence-electron chi connectivity index (χ4n) is 1.71. The van der Waals surface area contributed by atoms with Crippen LogP contribution in [0.2, 0.25) is 5.02 Å². The Balaban J connectivity index is 2.43. The molecule has 0 saturated heterocycles. The monoisotopic (exact) mass is 340 g/mol. The third-order valence-electron chi connectivity index (χ3n) is 2.68. The Morgan fingerprint density at radius 2 is 1.84 bits per heavy atom. The second kappa shape index (κ2) is 5.75. The van der Waals surface area contributed by atoms with Crippen LogP contribution >= 0.6 is 27.5 Å². The standard InChI is InChI=1S/C13H14BrClN4/c1-7-12(16-3)17-8(2)18-13(7)19-11-6-9(15)4-5-10(11)14/h4-6H,1-3H3,(H2,16,17,18,19). The van der Waals surface area contributed by atoms with Crippen molar-refractivity contribution >= 4 is 44.9 Å². The van der Waals surface area contributed by atoms with Gasteiger partial charge in [0.2, 0.25) is 0 Å². The van der Waals surface area contributed by atoms with Crippen molar-refractivity contribution in [3.05, 3.63) is 39.1 Å². The van der Waals surface area contributed by atoms with E-state index < -0.39 is 0 Å². The normalized spacial score (nSPS) is 10.4. The van der Waals surface area contributed by atoms with Gasteiger partial charge < -0.3 is 10.6 Å². The van der Waals surface area contributed by atoms with E-state index in [9.17, 15) is 0 Å². The third kappa shape index (κ3) is 3.16. The average Bonchev–Trinajstić information content (AvgIpc) is 2.37. The molecular weight excluding hydrogens is 328 g/mol. The molecule has 0 aliphatic heterocycles. The highest BCUT2D eigenvalue weighted by atomic mass is 79.9. The number of aromatic nitrogens is 2. The van der Waals surface area contributed by atoms with Gasteiger partial charge in [0.05, 0.1) is 5.69 Å². The summed E-state index contributed by atoms with van der Waals surface area (Å²) in [6, 6.07) is 5.57. The van der Waals surface area contributed by atoms with Gasteiger partial charge in [0, 0.05) is 22.1 Å².